The molecule has 0 bridgehead atoms. The monoisotopic (exact) mass is 285 g/mol. The molecule has 2 aromatic heterocycles. The Bertz CT molecular complexity index is 455. The number of carbonyl (C=O) groups excluding carboxylic acids is 1. The smallest absolute Gasteiger partial charge is 0.230 e. The van der Waals surface area contributed by atoms with Crippen LogP contribution in [0.5, 0.6) is 0 Å². The van der Waals surface area contributed by atoms with Crippen molar-refractivity contribution in [3.63, 3.8) is 0 Å². The molecule has 90 valence electrons. The minimum atomic E-state index is 0.0195. The highest BCUT2D eigenvalue weighted by atomic mass is 32.2. The normalized spacial score (nSPS) is 12.3. The first-order chi connectivity index (χ1) is 8.25. The van der Waals surface area contributed by atoms with Crippen molar-refractivity contribution in [2.75, 3.05) is 5.75 Å². The van der Waals surface area contributed by atoms with Crippen molar-refractivity contribution in [2.45, 2.75) is 17.3 Å². The molecule has 0 spiro atoms. The van der Waals surface area contributed by atoms with E-state index in [1.54, 1.807) is 16.8 Å². The van der Waals surface area contributed by atoms with Gasteiger partial charge in [-0.2, -0.15) is 0 Å². The highest BCUT2D eigenvalue weighted by Crippen LogP contribution is 2.20. The van der Waals surface area contributed by atoms with Gasteiger partial charge in [0.25, 0.3) is 0 Å². The summed E-state index contributed by atoms with van der Waals surface area (Å²) >= 11 is 4.50. The molecule has 4 nitrogen and oxygen atoms in total. The molecule has 0 fully saturated rings. The third kappa shape index (κ3) is 3.79. The van der Waals surface area contributed by atoms with Crippen molar-refractivity contribution in [3.05, 3.63) is 27.9 Å². The number of nitrogens with one attached hydrogen (secondary N) is 1. The molecule has 2 heterocycles. The van der Waals surface area contributed by atoms with Gasteiger partial charge in [-0.25, -0.2) is 0 Å². The lowest BCUT2D eigenvalue weighted by molar-refractivity contribution is -0.119. The molecule has 17 heavy (non-hydrogen) atoms. The number of carbonyl (C=O) groups is 1. The van der Waals surface area contributed by atoms with Gasteiger partial charge in [0.2, 0.25) is 5.91 Å². The zero-order chi connectivity index (χ0) is 12.1. The topological polar surface area (TPSA) is 54.9 Å². The first kappa shape index (κ1) is 12.5. The van der Waals surface area contributed by atoms with E-state index in [1.165, 1.54) is 28.0 Å². The quantitative estimate of drug-likeness (QED) is 0.858. The summed E-state index contributed by atoms with van der Waals surface area (Å²) in [5.41, 5.74) is 1.66. The summed E-state index contributed by atoms with van der Waals surface area (Å²) in [6, 6.07) is 4.07. The minimum absolute atomic E-state index is 0.0195. The molecule has 0 aromatic carbocycles. The summed E-state index contributed by atoms with van der Waals surface area (Å²) in [6.07, 6.45) is 0. The third-order valence-electron chi connectivity index (χ3n) is 2.01. The largest absolute Gasteiger partial charge is 0.348 e. The lowest BCUT2D eigenvalue weighted by atomic mass is 10.3. The van der Waals surface area contributed by atoms with Gasteiger partial charge >= 0.3 is 0 Å². The van der Waals surface area contributed by atoms with Gasteiger partial charge in [-0.15, -0.1) is 21.5 Å². The first-order valence-electron chi connectivity index (χ1n) is 4.97. The number of hydrogen-bond donors (Lipinski definition) is 1. The van der Waals surface area contributed by atoms with Gasteiger partial charge in [-0.05, 0) is 18.4 Å². The fourth-order valence-electron chi connectivity index (χ4n) is 1.25. The molecule has 0 aliphatic heterocycles. The second-order valence-electron chi connectivity index (χ2n) is 3.30. The zero-order valence-electron chi connectivity index (χ0n) is 9.12. The van der Waals surface area contributed by atoms with Crippen molar-refractivity contribution in [1.29, 1.82) is 0 Å². The fraction of sp³-hybridized carbons (Fsp3) is 0.300. The SMILES string of the molecule is C[C@@H](NC(=O)CSc1nncs1)c1cccs1. The third-order valence-corrected chi connectivity index (χ3v) is 4.93. The van der Waals surface area contributed by atoms with E-state index in [2.05, 4.69) is 15.5 Å². The average molecular weight is 285 g/mol. The van der Waals surface area contributed by atoms with Crippen LogP contribution in [0.4, 0.5) is 0 Å². The summed E-state index contributed by atoms with van der Waals surface area (Å²) in [4.78, 5) is 12.8. The zero-order valence-corrected chi connectivity index (χ0v) is 11.6. The number of amides is 1. The van der Waals surface area contributed by atoms with Crippen LogP contribution in [-0.2, 0) is 4.79 Å². The van der Waals surface area contributed by atoms with Gasteiger partial charge in [0.1, 0.15) is 5.51 Å². The van der Waals surface area contributed by atoms with Gasteiger partial charge in [0.05, 0.1) is 11.8 Å². The molecule has 1 atom stereocenters. The van der Waals surface area contributed by atoms with Gasteiger partial charge in [0.15, 0.2) is 4.34 Å². The molecule has 0 unspecified atom stereocenters. The Morgan fingerprint density at radius 1 is 1.59 bits per heavy atom. The maximum Gasteiger partial charge on any atom is 0.230 e. The Hall–Kier alpha value is -0.920. The number of nitrogens with zero attached hydrogens (tertiary/aromatic N) is 2. The number of aromatic nitrogens is 2. The van der Waals surface area contributed by atoms with Crippen LogP contribution in [-0.4, -0.2) is 21.9 Å². The molecule has 0 aliphatic rings. The maximum absolute atomic E-state index is 11.7. The molecule has 0 aliphatic carbocycles. The predicted octanol–water partition coefficient (Wildman–Crippen LogP) is 2.57. The van der Waals surface area contributed by atoms with E-state index in [4.69, 9.17) is 0 Å². The Labute approximate surface area is 111 Å². The molecule has 1 amide bonds. The van der Waals surface area contributed by atoms with Crippen LogP contribution in [0.2, 0.25) is 0 Å². The van der Waals surface area contributed by atoms with Crippen LogP contribution in [0, 0.1) is 0 Å². The lowest BCUT2D eigenvalue weighted by Gasteiger charge is -2.11. The van der Waals surface area contributed by atoms with E-state index < -0.39 is 0 Å². The van der Waals surface area contributed by atoms with E-state index in [1.807, 2.05) is 24.4 Å². The molecule has 1 N–H and O–H groups in total. The van der Waals surface area contributed by atoms with Crippen molar-refractivity contribution in [3.8, 4) is 0 Å². The summed E-state index contributed by atoms with van der Waals surface area (Å²) in [5, 5.41) is 12.5. The van der Waals surface area contributed by atoms with Crippen LogP contribution in [0.15, 0.2) is 27.4 Å². The van der Waals surface area contributed by atoms with Crippen molar-refractivity contribution in [1.82, 2.24) is 15.5 Å². The molecule has 2 rings (SSSR count). The van der Waals surface area contributed by atoms with Gasteiger partial charge < -0.3 is 5.32 Å². The van der Waals surface area contributed by atoms with E-state index in [9.17, 15) is 4.79 Å². The van der Waals surface area contributed by atoms with Crippen LogP contribution >= 0.6 is 34.4 Å². The number of hydrogen-bond acceptors (Lipinski definition) is 6. The summed E-state index contributed by atoms with van der Waals surface area (Å²) < 4.78 is 0.823. The minimum Gasteiger partial charge on any atom is -0.348 e. The van der Waals surface area contributed by atoms with Crippen molar-refractivity contribution in [2.24, 2.45) is 0 Å². The van der Waals surface area contributed by atoms with Crippen LogP contribution < -0.4 is 5.32 Å². The number of thiophene rings is 1. The van der Waals surface area contributed by atoms with Crippen molar-refractivity contribution >= 4 is 40.3 Å². The van der Waals surface area contributed by atoms with Crippen LogP contribution in [0.3, 0.4) is 0 Å². The number of thioether (sulfide) groups is 1. The maximum atomic E-state index is 11.7. The Kier molecular flexibility index (Phi) is 4.52. The molecular formula is C10H11N3OS3. The molecule has 2 aromatic rings. The van der Waals surface area contributed by atoms with Gasteiger partial charge in [-0.3, -0.25) is 4.79 Å². The molecule has 7 heteroatoms. The Morgan fingerprint density at radius 2 is 2.47 bits per heavy atom. The van der Waals surface area contributed by atoms with Crippen LogP contribution in [0.25, 0.3) is 0 Å². The van der Waals surface area contributed by atoms with E-state index in [0.29, 0.717) is 5.75 Å². The second-order valence-corrected chi connectivity index (χ2v) is 6.33. The average Bonchev–Trinajstić information content (AvgIpc) is 2.99. The number of rotatable bonds is 5. The highest BCUT2D eigenvalue weighted by molar-refractivity contribution is 8.01. The summed E-state index contributed by atoms with van der Waals surface area (Å²) in [6.45, 7) is 1.99. The lowest BCUT2D eigenvalue weighted by Crippen LogP contribution is -2.27. The van der Waals surface area contributed by atoms with Gasteiger partial charge in [0, 0.05) is 4.88 Å². The highest BCUT2D eigenvalue weighted by Gasteiger charge is 2.11. The fourth-order valence-corrected chi connectivity index (χ4v) is 3.28. The van der Waals surface area contributed by atoms with Gasteiger partial charge in [-0.1, -0.05) is 29.2 Å². The Balaban J connectivity index is 1.77. The second kappa shape index (κ2) is 6.13. The summed E-state index contributed by atoms with van der Waals surface area (Å²) in [5.74, 6) is 0.399. The molecule has 0 radical (unpaired) electrons. The molecular weight excluding hydrogens is 274 g/mol. The van der Waals surface area contributed by atoms with E-state index in [0.717, 1.165) is 4.34 Å². The first-order valence-corrected chi connectivity index (χ1v) is 7.72. The van der Waals surface area contributed by atoms with Crippen LogP contribution in [0.1, 0.15) is 17.8 Å². The standard InChI is InChI=1S/C10H11N3OS3/c1-7(8-3-2-4-15-8)12-9(14)5-16-10-13-11-6-17-10/h2-4,6-7H,5H2,1H3,(H,12,14)/t7-/m1/s1. The molecule has 0 saturated heterocycles. The van der Waals surface area contributed by atoms with E-state index in [-0.39, 0.29) is 11.9 Å². The predicted molar refractivity (Wildman–Crippen MR) is 71.5 cm³/mol. The van der Waals surface area contributed by atoms with E-state index >= 15 is 0 Å². The van der Waals surface area contributed by atoms with Crippen molar-refractivity contribution < 1.29 is 4.79 Å². The summed E-state index contributed by atoms with van der Waals surface area (Å²) in [7, 11) is 0. The molecule has 0 saturated carbocycles. The Morgan fingerprint density at radius 3 is 3.12 bits per heavy atom.